The van der Waals surface area contributed by atoms with E-state index in [4.69, 9.17) is 0 Å². The van der Waals surface area contributed by atoms with Crippen LogP contribution in [0.3, 0.4) is 0 Å². The number of nitrogens with one attached hydrogen (secondary N) is 1. The zero-order chi connectivity index (χ0) is 12.2. The van der Waals surface area contributed by atoms with Crippen LogP contribution >= 0.6 is 15.9 Å². The van der Waals surface area contributed by atoms with E-state index in [-0.39, 0.29) is 0 Å². The Bertz CT molecular complexity index is 314. The highest BCUT2D eigenvalue weighted by Crippen LogP contribution is 2.21. The second-order valence-electron chi connectivity index (χ2n) is 5.20. The fraction of sp³-hybridized carbons (Fsp3) is 0.615. The minimum absolute atomic E-state index is 0.303. The van der Waals surface area contributed by atoms with Crippen LogP contribution < -0.4 is 5.32 Å². The van der Waals surface area contributed by atoms with Crippen molar-refractivity contribution >= 4 is 15.9 Å². The summed E-state index contributed by atoms with van der Waals surface area (Å²) in [6, 6.07) is 4.62. The zero-order valence-electron chi connectivity index (χ0n) is 10.5. The number of hydrogen-bond acceptors (Lipinski definition) is 2. The summed E-state index contributed by atoms with van der Waals surface area (Å²) in [5, 5.41) is 3.59. The van der Waals surface area contributed by atoms with Gasteiger partial charge in [0.05, 0.1) is 0 Å². The molecule has 0 bridgehead atoms. The maximum atomic E-state index is 4.22. The highest BCUT2D eigenvalue weighted by molar-refractivity contribution is 9.10. The second-order valence-corrected chi connectivity index (χ2v) is 6.01. The van der Waals surface area contributed by atoms with Gasteiger partial charge in [0, 0.05) is 18.8 Å². The summed E-state index contributed by atoms with van der Waals surface area (Å²) in [4.78, 5) is 4.22. The first-order valence-corrected chi connectivity index (χ1v) is 6.56. The van der Waals surface area contributed by atoms with Crippen LogP contribution in [0.15, 0.2) is 22.9 Å². The van der Waals surface area contributed by atoms with Gasteiger partial charge in [-0.25, -0.2) is 4.98 Å². The molecule has 1 N–H and O–H groups in total. The van der Waals surface area contributed by atoms with Crippen molar-refractivity contribution in [2.24, 2.45) is 5.41 Å². The van der Waals surface area contributed by atoms with E-state index in [1.807, 2.05) is 12.3 Å². The van der Waals surface area contributed by atoms with E-state index in [1.165, 1.54) is 5.56 Å². The van der Waals surface area contributed by atoms with Crippen molar-refractivity contribution < 1.29 is 0 Å². The predicted octanol–water partition coefficient (Wildman–Crippen LogP) is 3.76. The van der Waals surface area contributed by atoms with Gasteiger partial charge >= 0.3 is 0 Å². The minimum Gasteiger partial charge on any atom is -0.309 e. The maximum Gasteiger partial charge on any atom is 0.106 e. The summed E-state index contributed by atoms with van der Waals surface area (Å²) in [5.74, 6) is 0. The molecule has 0 amide bonds. The van der Waals surface area contributed by atoms with E-state index in [0.29, 0.717) is 11.5 Å². The molecule has 1 aromatic heterocycles. The molecule has 0 unspecified atom stereocenters. The van der Waals surface area contributed by atoms with Crippen molar-refractivity contribution in [3.8, 4) is 0 Å². The highest BCUT2D eigenvalue weighted by Gasteiger charge is 2.21. The lowest BCUT2D eigenvalue weighted by Crippen LogP contribution is -2.39. The van der Waals surface area contributed by atoms with Crippen LogP contribution in [0.5, 0.6) is 0 Å². The van der Waals surface area contributed by atoms with Crippen LogP contribution in [0.1, 0.15) is 39.7 Å². The average molecular weight is 285 g/mol. The lowest BCUT2D eigenvalue weighted by Gasteiger charge is -2.30. The maximum absolute atomic E-state index is 4.22. The van der Waals surface area contributed by atoms with Gasteiger partial charge in [0.1, 0.15) is 4.60 Å². The van der Waals surface area contributed by atoms with Crippen molar-refractivity contribution in [1.29, 1.82) is 0 Å². The lowest BCUT2D eigenvalue weighted by atomic mass is 9.85. The lowest BCUT2D eigenvalue weighted by molar-refractivity contribution is 0.259. The van der Waals surface area contributed by atoms with E-state index in [2.05, 4.69) is 60.0 Å². The SMILES string of the molecule is CC[C@H](NCc1ccc(Br)nc1)C(C)(C)C. The van der Waals surface area contributed by atoms with Crippen molar-refractivity contribution in [2.75, 3.05) is 0 Å². The van der Waals surface area contributed by atoms with Crippen molar-refractivity contribution in [2.45, 2.75) is 46.7 Å². The average Bonchev–Trinajstić information content (AvgIpc) is 2.19. The van der Waals surface area contributed by atoms with E-state index in [1.54, 1.807) is 0 Å². The topological polar surface area (TPSA) is 24.9 Å². The Hall–Kier alpha value is -0.410. The first-order chi connectivity index (χ1) is 7.43. The summed E-state index contributed by atoms with van der Waals surface area (Å²) in [6.07, 6.45) is 3.06. The molecule has 0 aliphatic heterocycles. The Morgan fingerprint density at radius 1 is 1.38 bits per heavy atom. The molecule has 0 saturated carbocycles. The molecule has 0 saturated heterocycles. The van der Waals surface area contributed by atoms with Crippen molar-refractivity contribution in [3.63, 3.8) is 0 Å². The standard InChI is InChI=1S/C13H21BrN2/c1-5-11(13(2,3)4)15-8-10-6-7-12(14)16-9-10/h6-7,9,11,15H,5,8H2,1-4H3/t11-/m0/s1. The molecule has 0 aliphatic rings. The molecule has 90 valence electrons. The quantitative estimate of drug-likeness (QED) is 0.852. The summed E-state index contributed by atoms with van der Waals surface area (Å²) < 4.78 is 0.888. The molecular formula is C13H21BrN2. The van der Waals surface area contributed by atoms with Gasteiger partial charge in [-0.2, -0.15) is 0 Å². The summed E-state index contributed by atoms with van der Waals surface area (Å²) in [7, 11) is 0. The minimum atomic E-state index is 0.303. The van der Waals surface area contributed by atoms with E-state index in [9.17, 15) is 0 Å². The molecule has 1 rings (SSSR count). The van der Waals surface area contributed by atoms with Crippen LogP contribution in [-0.4, -0.2) is 11.0 Å². The Morgan fingerprint density at radius 3 is 2.50 bits per heavy atom. The first-order valence-electron chi connectivity index (χ1n) is 5.77. The fourth-order valence-electron chi connectivity index (χ4n) is 1.81. The molecule has 0 aromatic carbocycles. The number of pyridine rings is 1. The molecule has 0 spiro atoms. The molecule has 3 heteroatoms. The van der Waals surface area contributed by atoms with Gasteiger partial charge in [0.25, 0.3) is 0 Å². The van der Waals surface area contributed by atoms with Crippen molar-refractivity contribution in [3.05, 3.63) is 28.5 Å². The smallest absolute Gasteiger partial charge is 0.106 e. The molecular weight excluding hydrogens is 264 g/mol. The fourth-order valence-corrected chi connectivity index (χ4v) is 2.05. The molecule has 0 fully saturated rings. The molecule has 16 heavy (non-hydrogen) atoms. The third-order valence-corrected chi connectivity index (χ3v) is 3.26. The van der Waals surface area contributed by atoms with Gasteiger partial charge in [-0.05, 0) is 39.4 Å². The third-order valence-electron chi connectivity index (χ3n) is 2.79. The van der Waals surface area contributed by atoms with Crippen molar-refractivity contribution in [1.82, 2.24) is 10.3 Å². The van der Waals surface area contributed by atoms with Gasteiger partial charge in [-0.3, -0.25) is 0 Å². The van der Waals surface area contributed by atoms with E-state index in [0.717, 1.165) is 17.6 Å². The van der Waals surface area contributed by atoms with Crippen LogP contribution in [0, 0.1) is 5.41 Å². The van der Waals surface area contributed by atoms with Crippen LogP contribution in [0.25, 0.3) is 0 Å². The summed E-state index contributed by atoms with van der Waals surface area (Å²) >= 11 is 3.34. The Kier molecular flexibility index (Phi) is 4.93. The van der Waals surface area contributed by atoms with Gasteiger partial charge in [0.15, 0.2) is 0 Å². The van der Waals surface area contributed by atoms with Gasteiger partial charge < -0.3 is 5.32 Å². The van der Waals surface area contributed by atoms with E-state index >= 15 is 0 Å². The third kappa shape index (κ3) is 4.22. The van der Waals surface area contributed by atoms with Gasteiger partial charge in [-0.1, -0.05) is 33.8 Å². The van der Waals surface area contributed by atoms with Gasteiger partial charge in [0.2, 0.25) is 0 Å². The number of aromatic nitrogens is 1. The van der Waals surface area contributed by atoms with Crippen LogP contribution in [0.2, 0.25) is 0 Å². The first kappa shape index (κ1) is 13.7. The normalized spacial score (nSPS) is 13.8. The monoisotopic (exact) mass is 284 g/mol. The Morgan fingerprint density at radius 2 is 2.06 bits per heavy atom. The van der Waals surface area contributed by atoms with Gasteiger partial charge in [-0.15, -0.1) is 0 Å². The number of hydrogen-bond donors (Lipinski definition) is 1. The highest BCUT2D eigenvalue weighted by atomic mass is 79.9. The van der Waals surface area contributed by atoms with Crippen LogP contribution in [-0.2, 0) is 6.54 Å². The molecule has 0 radical (unpaired) electrons. The molecule has 0 aliphatic carbocycles. The number of nitrogens with zero attached hydrogens (tertiary/aromatic N) is 1. The zero-order valence-corrected chi connectivity index (χ0v) is 12.1. The predicted molar refractivity (Wildman–Crippen MR) is 72.3 cm³/mol. The van der Waals surface area contributed by atoms with Crippen LogP contribution in [0.4, 0.5) is 0 Å². The second kappa shape index (κ2) is 5.78. The molecule has 2 nitrogen and oxygen atoms in total. The Labute approximate surface area is 107 Å². The molecule has 1 atom stereocenters. The summed E-state index contributed by atoms with van der Waals surface area (Å²) in [6.45, 7) is 9.93. The van der Waals surface area contributed by atoms with E-state index < -0.39 is 0 Å². The Balaban J connectivity index is 2.53. The molecule has 1 heterocycles. The largest absolute Gasteiger partial charge is 0.309 e. The number of halogens is 1. The number of rotatable bonds is 4. The summed E-state index contributed by atoms with van der Waals surface area (Å²) in [5.41, 5.74) is 1.53. The molecule has 1 aromatic rings.